The van der Waals surface area contributed by atoms with Gasteiger partial charge < -0.3 is 9.84 Å². The van der Waals surface area contributed by atoms with E-state index in [9.17, 15) is 9.90 Å². The summed E-state index contributed by atoms with van der Waals surface area (Å²) in [5.74, 6) is 0.145. The standard InChI is InChI=1S/C19H23N3O3/c1-13-10-21-22-16(13)15-3-2-14(11-20-15)25-12-18-4-7-19(8-5-18,9-6-18)17(23)24/h2-3,10-11H,4-9,12H2,1H3,(H,21,22)(H,23,24). The van der Waals surface area contributed by atoms with Crippen LogP contribution < -0.4 is 4.74 Å². The first kappa shape index (κ1) is 16.1. The normalized spacial score (nSPS) is 28.0. The molecule has 2 bridgehead atoms. The molecule has 5 rings (SSSR count). The van der Waals surface area contributed by atoms with Crippen LogP contribution in [0.25, 0.3) is 11.4 Å². The number of carboxylic acids is 1. The summed E-state index contributed by atoms with van der Waals surface area (Å²) in [6, 6.07) is 3.87. The quantitative estimate of drug-likeness (QED) is 0.868. The summed E-state index contributed by atoms with van der Waals surface area (Å²) in [6.45, 7) is 2.64. The largest absolute Gasteiger partial charge is 0.491 e. The minimum absolute atomic E-state index is 0.135. The third-order valence-electron chi connectivity index (χ3n) is 6.22. The summed E-state index contributed by atoms with van der Waals surface area (Å²) in [4.78, 5) is 16.0. The fraction of sp³-hybridized carbons (Fsp3) is 0.526. The molecule has 0 spiro atoms. The van der Waals surface area contributed by atoms with Crippen molar-refractivity contribution in [2.75, 3.05) is 6.61 Å². The van der Waals surface area contributed by atoms with Crippen molar-refractivity contribution in [3.63, 3.8) is 0 Å². The summed E-state index contributed by atoms with van der Waals surface area (Å²) >= 11 is 0. The molecule has 0 radical (unpaired) electrons. The average Bonchev–Trinajstić information content (AvgIpc) is 3.08. The highest BCUT2D eigenvalue weighted by molar-refractivity contribution is 5.75. The number of hydrogen-bond acceptors (Lipinski definition) is 4. The van der Waals surface area contributed by atoms with Crippen LogP contribution in [-0.4, -0.2) is 32.9 Å². The number of ether oxygens (including phenoxy) is 1. The lowest BCUT2D eigenvalue weighted by atomic mass is 9.54. The highest BCUT2D eigenvalue weighted by Crippen LogP contribution is 2.57. The lowest BCUT2D eigenvalue weighted by Crippen LogP contribution is -2.48. The number of rotatable bonds is 5. The molecule has 0 saturated heterocycles. The van der Waals surface area contributed by atoms with E-state index >= 15 is 0 Å². The Morgan fingerprint density at radius 1 is 1.20 bits per heavy atom. The van der Waals surface area contributed by atoms with Gasteiger partial charge in [0.1, 0.15) is 5.75 Å². The van der Waals surface area contributed by atoms with Crippen molar-refractivity contribution in [2.45, 2.75) is 45.4 Å². The Morgan fingerprint density at radius 3 is 2.44 bits per heavy atom. The number of fused-ring (bicyclic) bond motifs is 3. The molecule has 6 nitrogen and oxygen atoms in total. The van der Waals surface area contributed by atoms with Crippen molar-refractivity contribution in [2.24, 2.45) is 10.8 Å². The van der Waals surface area contributed by atoms with Crippen molar-refractivity contribution < 1.29 is 14.6 Å². The second-order valence-electron chi connectivity index (χ2n) is 7.68. The minimum Gasteiger partial charge on any atom is -0.491 e. The van der Waals surface area contributed by atoms with Crippen LogP contribution >= 0.6 is 0 Å². The van der Waals surface area contributed by atoms with Crippen molar-refractivity contribution in [3.05, 3.63) is 30.1 Å². The Hall–Kier alpha value is -2.37. The number of aromatic nitrogens is 3. The van der Waals surface area contributed by atoms with Gasteiger partial charge in [0.25, 0.3) is 0 Å². The maximum Gasteiger partial charge on any atom is 0.309 e. The van der Waals surface area contributed by atoms with Gasteiger partial charge in [0.15, 0.2) is 0 Å². The highest BCUT2D eigenvalue weighted by atomic mass is 16.5. The predicted octanol–water partition coefficient (Wildman–Crippen LogP) is 3.58. The van der Waals surface area contributed by atoms with Gasteiger partial charge in [0, 0.05) is 5.41 Å². The summed E-state index contributed by atoms with van der Waals surface area (Å²) in [5.41, 5.74) is 2.51. The smallest absolute Gasteiger partial charge is 0.309 e. The average molecular weight is 341 g/mol. The molecule has 3 fully saturated rings. The number of aliphatic carboxylic acids is 1. The molecule has 0 aromatic carbocycles. The van der Waals surface area contributed by atoms with Crippen LogP contribution in [-0.2, 0) is 4.79 Å². The molecule has 2 N–H and O–H groups in total. The number of hydrogen-bond donors (Lipinski definition) is 2. The zero-order valence-electron chi connectivity index (χ0n) is 14.4. The molecule has 2 aromatic heterocycles. The second kappa shape index (κ2) is 5.86. The molecular weight excluding hydrogens is 318 g/mol. The molecule has 2 heterocycles. The molecule has 0 aliphatic heterocycles. The molecule has 2 aromatic rings. The predicted molar refractivity (Wildman–Crippen MR) is 92.3 cm³/mol. The third-order valence-corrected chi connectivity index (χ3v) is 6.22. The number of H-pyrrole nitrogens is 1. The van der Waals surface area contributed by atoms with E-state index in [1.165, 1.54) is 0 Å². The first-order valence-electron chi connectivity index (χ1n) is 8.85. The third kappa shape index (κ3) is 2.79. The lowest BCUT2D eigenvalue weighted by Gasteiger charge is -2.51. The molecular formula is C19H23N3O3. The number of aryl methyl sites for hydroxylation is 1. The summed E-state index contributed by atoms with van der Waals surface area (Å²) < 4.78 is 6.02. The molecule has 0 atom stereocenters. The van der Waals surface area contributed by atoms with E-state index in [0.29, 0.717) is 6.61 Å². The molecule has 6 heteroatoms. The Labute approximate surface area is 146 Å². The molecule has 3 saturated carbocycles. The van der Waals surface area contributed by atoms with Crippen LogP contribution in [0.5, 0.6) is 5.75 Å². The zero-order valence-corrected chi connectivity index (χ0v) is 14.4. The van der Waals surface area contributed by atoms with Crippen molar-refractivity contribution in [1.82, 2.24) is 15.2 Å². The topological polar surface area (TPSA) is 88.1 Å². The van der Waals surface area contributed by atoms with Crippen LogP contribution in [0.2, 0.25) is 0 Å². The Morgan fingerprint density at radius 2 is 1.92 bits per heavy atom. The van der Waals surface area contributed by atoms with Gasteiger partial charge in [-0.05, 0) is 63.1 Å². The highest BCUT2D eigenvalue weighted by Gasteiger charge is 2.52. The van der Waals surface area contributed by atoms with E-state index in [0.717, 1.165) is 61.2 Å². The Balaban J connectivity index is 1.39. The maximum atomic E-state index is 11.5. The summed E-state index contributed by atoms with van der Waals surface area (Å²) in [6.07, 6.45) is 8.70. The minimum atomic E-state index is -0.615. The molecule has 132 valence electrons. The van der Waals surface area contributed by atoms with E-state index in [-0.39, 0.29) is 5.41 Å². The zero-order chi connectivity index (χ0) is 17.5. The molecule has 3 aliphatic carbocycles. The van der Waals surface area contributed by atoms with Gasteiger partial charge in [-0.3, -0.25) is 14.9 Å². The van der Waals surface area contributed by atoms with Gasteiger partial charge >= 0.3 is 5.97 Å². The fourth-order valence-electron chi connectivity index (χ4n) is 4.26. The summed E-state index contributed by atoms with van der Waals surface area (Å²) in [7, 11) is 0. The first-order valence-corrected chi connectivity index (χ1v) is 8.85. The van der Waals surface area contributed by atoms with E-state index in [1.54, 1.807) is 12.4 Å². The van der Waals surface area contributed by atoms with Crippen molar-refractivity contribution >= 4 is 5.97 Å². The van der Waals surface area contributed by atoms with E-state index in [2.05, 4.69) is 15.2 Å². The lowest BCUT2D eigenvalue weighted by molar-refractivity contribution is -0.160. The number of pyridine rings is 1. The van der Waals surface area contributed by atoms with Crippen molar-refractivity contribution in [3.8, 4) is 17.1 Å². The van der Waals surface area contributed by atoms with Gasteiger partial charge in [-0.25, -0.2) is 0 Å². The number of nitrogens with zero attached hydrogens (tertiary/aromatic N) is 2. The SMILES string of the molecule is Cc1cn[nH]c1-c1ccc(OCC23CCC(C(=O)O)(CC2)CC3)cn1. The van der Waals surface area contributed by atoms with E-state index in [4.69, 9.17) is 4.74 Å². The van der Waals surface area contributed by atoms with Crippen LogP contribution in [0.15, 0.2) is 24.5 Å². The number of carbonyl (C=O) groups is 1. The molecule has 25 heavy (non-hydrogen) atoms. The maximum absolute atomic E-state index is 11.5. The Bertz CT molecular complexity index is 757. The van der Waals surface area contributed by atoms with Crippen LogP contribution in [0, 0.1) is 17.8 Å². The van der Waals surface area contributed by atoms with Gasteiger partial charge in [-0.15, -0.1) is 0 Å². The monoisotopic (exact) mass is 341 g/mol. The second-order valence-corrected chi connectivity index (χ2v) is 7.68. The number of aromatic amines is 1. The number of nitrogens with one attached hydrogen (secondary N) is 1. The van der Waals surface area contributed by atoms with E-state index < -0.39 is 11.4 Å². The van der Waals surface area contributed by atoms with Gasteiger partial charge in [-0.1, -0.05) is 0 Å². The summed E-state index contributed by atoms with van der Waals surface area (Å²) in [5, 5.41) is 16.5. The van der Waals surface area contributed by atoms with Gasteiger partial charge in [0.2, 0.25) is 0 Å². The molecule has 0 unspecified atom stereocenters. The fourth-order valence-corrected chi connectivity index (χ4v) is 4.26. The van der Waals surface area contributed by atoms with Gasteiger partial charge in [0.05, 0.1) is 35.8 Å². The Kier molecular flexibility index (Phi) is 3.78. The molecule has 3 aliphatic rings. The molecule has 0 amide bonds. The van der Waals surface area contributed by atoms with Crippen LogP contribution in [0.4, 0.5) is 0 Å². The van der Waals surface area contributed by atoms with Gasteiger partial charge in [-0.2, -0.15) is 5.10 Å². The first-order chi connectivity index (χ1) is 12.0. The van der Waals surface area contributed by atoms with Crippen LogP contribution in [0.3, 0.4) is 0 Å². The number of carboxylic acid groups (broad SMARTS) is 1. The van der Waals surface area contributed by atoms with E-state index in [1.807, 2.05) is 19.1 Å². The van der Waals surface area contributed by atoms with Crippen LogP contribution in [0.1, 0.15) is 44.1 Å². The van der Waals surface area contributed by atoms with Crippen molar-refractivity contribution in [1.29, 1.82) is 0 Å².